The summed E-state index contributed by atoms with van der Waals surface area (Å²) in [4.78, 5) is 18.6. The van der Waals surface area contributed by atoms with Crippen LogP contribution in [0.15, 0.2) is 35.7 Å². The number of aromatic nitrogens is 1. The zero-order valence-electron chi connectivity index (χ0n) is 12.7. The Morgan fingerprint density at radius 1 is 1.30 bits per heavy atom. The second-order valence-electron chi connectivity index (χ2n) is 5.12. The van der Waals surface area contributed by atoms with Crippen LogP contribution in [0.4, 0.5) is 0 Å². The van der Waals surface area contributed by atoms with E-state index in [4.69, 9.17) is 9.47 Å². The fourth-order valence-corrected chi connectivity index (χ4v) is 2.91. The molecule has 1 N–H and O–H groups in total. The second kappa shape index (κ2) is 8.05. The normalized spacial score (nSPS) is 15.3. The van der Waals surface area contributed by atoms with Gasteiger partial charge in [-0.15, -0.1) is 0 Å². The summed E-state index contributed by atoms with van der Waals surface area (Å²) < 4.78 is 10.9. The molecule has 1 aromatic heterocycles. The molecule has 1 saturated heterocycles. The average Bonchev–Trinajstić information content (AvgIpc) is 3.05. The highest BCUT2D eigenvalue weighted by atomic mass is 32.1. The Bertz CT molecular complexity index is 627. The molecule has 1 aromatic carbocycles. The molecule has 1 aliphatic heterocycles. The van der Waals surface area contributed by atoms with E-state index in [-0.39, 0.29) is 5.91 Å². The van der Waals surface area contributed by atoms with Gasteiger partial charge in [-0.3, -0.25) is 9.69 Å². The fraction of sp³-hybridized carbons (Fsp3) is 0.375. The molecule has 0 unspecified atom stereocenters. The molecule has 3 rings (SSSR count). The third-order valence-corrected chi connectivity index (χ3v) is 4.20. The van der Waals surface area contributed by atoms with Gasteiger partial charge in [0.15, 0.2) is 0 Å². The molecule has 0 saturated carbocycles. The van der Waals surface area contributed by atoms with Gasteiger partial charge in [0, 0.05) is 31.6 Å². The van der Waals surface area contributed by atoms with E-state index < -0.39 is 0 Å². The van der Waals surface area contributed by atoms with Gasteiger partial charge in [0.2, 0.25) is 0 Å². The van der Waals surface area contributed by atoms with Crippen LogP contribution in [0.5, 0.6) is 10.9 Å². The second-order valence-corrected chi connectivity index (χ2v) is 5.94. The summed E-state index contributed by atoms with van der Waals surface area (Å²) in [6.07, 6.45) is 0. The van der Waals surface area contributed by atoms with Crippen molar-refractivity contribution < 1.29 is 14.3 Å². The molecule has 0 radical (unpaired) electrons. The van der Waals surface area contributed by atoms with Crippen LogP contribution in [0, 0.1) is 0 Å². The van der Waals surface area contributed by atoms with Gasteiger partial charge in [-0.05, 0) is 12.1 Å². The Morgan fingerprint density at radius 2 is 2.09 bits per heavy atom. The number of hydrogen-bond donors (Lipinski definition) is 1. The van der Waals surface area contributed by atoms with Gasteiger partial charge in [-0.1, -0.05) is 29.5 Å². The number of carbonyl (C=O) groups excluding carboxylic acids is 1. The molecule has 0 aliphatic carbocycles. The van der Waals surface area contributed by atoms with Crippen molar-refractivity contribution in [1.29, 1.82) is 0 Å². The summed E-state index contributed by atoms with van der Waals surface area (Å²) in [5.74, 6) is 0.540. The largest absolute Gasteiger partial charge is 0.431 e. The Labute approximate surface area is 139 Å². The molecule has 6 nitrogen and oxygen atoms in total. The van der Waals surface area contributed by atoms with Gasteiger partial charge in [0.05, 0.1) is 13.2 Å². The molecule has 1 amide bonds. The van der Waals surface area contributed by atoms with Crippen molar-refractivity contribution in [3.63, 3.8) is 0 Å². The lowest BCUT2D eigenvalue weighted by Crippen LogP contribution is -2.41. The minimum Gasteiger partial charge on any atom is -0.431 e. The van der Waals surface area contributed by atoms with Crippen LogP contribution in [0.3, 0.4) is 0 Å². The maximum atomic E-state index is 12.1. The number of benzene rings is 1. The minimum absolute atomic E-state index is 0.169. The van der Waals surface area contributed by atoms with E-state index in [0.29, 0.717) is 23.2 Å². The van der Waals surface area contributed by atoms with Gasteiger partial charge in [-0.2, -0.15) is 4.98 Å². The van der Waals surface area contributed by atoms with Crippen LogP contribution in [0.2, 0.25) is 0 Å². The molecule has 1 aliphatic rings. The molecule has 2 heterocycles. The van der Waals surface area contributed by atoms with E-state index in [1.165, 1.54) is 11.3 Å². The first-order valence-electron chi connectivity index (χ1n) is 7.58. The Balaban J connectivity index is 1.46. The van der Waals surface area contributed by atoms with E-state index in [1.54, 1.807) is 5.38 Å². The van der Waals surface area contributed by atoms with Crippen LogP contribution in [0.1, 0.15) is 10.5 Å². The van der Waals surface area contributed by atoms with Crippen molar-refractivity contribution in [2.75, 3.05) is 39.4 Å². The number of ether oxygens (including phenoxy) is 2. The molecular formula is C16H19N3O3S. The SMILES string of the molecule is O=C(NCCN1CCOCC1)c1csc(Oc2ccccc2)n1. The van der Waals surface area contributed by atoms with Gasteiger partial charge in [-0.25, -0.2) is 0 Å². The van der Waals surface area contributed by atoms with Crippen LogP contribution in [0.25, 0.3) is 0 Å². The molecule has 2 aromatic rings. The lowest BCUT2D eigenvalue weighted by molar-refractivity contribution is 0.0383. The van der Waals surface area contributed by atoms with Crippen molar-refractivity contribution in [1.82, 2.24) is 15.2 Å². The monoisotopic (exact) mass is 333 g/mol. The van der Waals surface area contributed by atoms with E-state index in [0.717, 1.165) is 32.8 Å². The molecule has 0 spiro atoms. The number of thiazole rings is 1. The minimum atomic E-state index is -0.169. The Kier molecular flexibility index (Phi) is 5.57. The number of morpholine rings is 1. The summed E-state index contributed by atoms with van der Waals surface area (Å²) in [5.41, 5.74) is 0.392. The molecule has 1 fully saturated rings. The van der Waals surface area contributed by atoms with E-state index in [1.807, 2.05) is 30.3 Å². The number of nitrogens with one attached hydrogen (secondary N) is 1. The first-order valence-corrected chi connectivity index (χ1v) is 8.46. The smallest absolute Gasteiger partial charge is 0.279 e. The van der Waals surface area contributed by atoms with Gasteiger partial charge in [0.1, 0.15) is 11.4 Å². The molecule has 0 atom stereocenters. The maximum Gasteiger partial charge on any atom is 0.279 e. The molecule has 0 bridgehead atoms. The first kappa shape index (κ1) is 15.9. The fourth-order valence-electron chi connectivity index (χ4n) is 2.24. The number of nitrogens with zero attached hydrogens (tertiary/aromatic N) is 2. The van der Waals surface area contributed by atoms with Crippen LogP contribution in [-0.4, -0.2) is 55.2 Å². The van der Waals surface area contributed by atoms with Crippen molar-refractivity contribution in [2.24, 2.45) is 0 Å². The predicted molar refractivity (Wildman–Crippen MR) is 88.2 cm³/mol. The van der Waals surface area contributed by atoms with Crippen LogP contribution >= 0.6 is 11.3 Å². The Hall–Kier alpha value is -1.96. The van der Waals surface area contributed by atoms with Crippen molar-refractivity contribution in [3.05, 3.63) is 41.4 Å². The summed E-state index contributed by atoms with van der Waals surface area (Å²) in [6, 6.07) is 9.40. The molecule has 122 valence electrons. The molecular weight excluding hydrogens is 314 g/mol. The first-order chi connectivity index (χ1) is 11.3. The van der Waals surface area contributed by atoms with Gasteiger partial charge in [0.25, 0.3) is 11.1 Å². The number of rotatable bonds is 6. The third kappa shape index (κ3) is 4.75. The Morgan fingerprint density at radius 3 is 2.87 bits per heavy atom. The summed E-state index contributed by atoms with van der Waals surface area (Å²) in [5, 5.41) is 5.07. The van der Waals surface area contributed by atoms with Crippen molar-refractivity contribution >= 4 is 17.2 Å². The zero-order chi connectivity index (χ0) is 15.9. The lowest BCUT2D eigenvalue weighted by Gasteiger charge is -2.26. The topological polar surface area (TPSA) is 63.7 Å². The number of para-hydroxylation sites is 1. The highest BCUT2D eigenvalue weighted by Gasteiger charge is 2.13. The van der Waals surface area contributed by atoms with E-state index in [9.17, 15) is 4.79 Å². The van der Waals surface area contributed by atoms with Gasteiger partial charge >= 0.3 is 0 Å². The third-order valence-electron chi connectivity index (χ3n) is 3.48. The highest BCUT2D eigenvalue weighted by molar-refractivity contribution is 7.11. The molecule has 23 heavy (non-hydrogen) atoms. The standard InChI is InChI=1S/C16H19N3O3S/c20-15(17-6-7-19-8-10-21-11-9-19)14-12-23-16(18-14)22-13-4-2-1-3-5-13/h1-5,12H,6-11H2,(H,17,20). The summed E-state index contributed by atoms with van der Waals surface area (Å²) in [6.45, 7) is 4.79. The summed E-state index contributed by atoms with van der Waals surface area (Å²) in [7, 11) is 0. The number of amides is 1. The maximum absolute atomic E-state index is 12.1. The predicted octanol–water partition coefficient (Wildman–Crippen LogP) is 2.00. The number of carbonyl (C=O) groups is 1. The van der Waals surface area contributed by atoms with Crippen molar-refractivity contribution in [3.8, 4) is 10.9 Å². The lowest BCUT2D eigenvalue weighted by atomic mass is 10.3. The number of hydrogen-bond acceptors (Lipinski definition) is 6. The summed E-state index contributed by atoms with van der Waals surface area (Å²) >= 11 is 1.31. The van der Waals surface area contributed by atoms with E-state index in [2.05, 4.69) is 15.2 Å². The zero-order valence-corrected chi connectivity index (χ0v) is 13.6. The van der Waals surface area contributed by atoms with E-state index >= 15 is 0 Å². The quantitative estimate of drug-likeness (QED) is 0.876. The van der Waals surface area contributed by atoms with Gasteiger partial charge < -0.3 is 14.8 Å². The van der Waals surface area contributed by atoms with Crippen LogP contribution in [-0.2, 0) is 4.74 Å². The highest BCUT2D eigenvalue weighted by Crippen LogP contribution is 2.24. The van der Waals surface area contributed by atoms with Crippen molar-refractivity contribution in [2.45, 2.75) is 0 Å². The molecule has 7 heteroatoms. The average molecular weight is 333 g/mol. The van der Waals surface area contributed by atoms with Crippen LogP contribution < -0.4 is 10.1 Å².